The lowest BCUT2D eigenvalue weighted by molar-refractivity contribution is -0.153. The molecule has 0 amide bonds. The average molecular weight is 353 g/mol. The molecular weight excluding hydrogens is 308 g/mol. The van der Waals surface area contributed by atoms with Gasteiger partial charge in [0, 0.05) is 12.8 Å². The van der Waals surface area contributed by atoms with Crippen molar-refractivity contribution in [2.24, 2.45) is 0 Å². The van der Waals surface area contributed by atoms with Crippen molar-refractivity contribution in [3.8, 4) is 0 Å². The van der Waals surface area contributed by atoms with Crippen LogP contribution in [0.2, 0.25) is 0 Å². The molecule has 0 fully saturated rings. The largest absolute Gasteiger partial charge is 0.457 e. The Balaban J connectivity index is 1.99. The van der Waals surface area contributed by atoms with E-state index in [1.54, 1.807) is 12.5 Å². The van der Waals surface area contributed by atoms with Crippen LogP contribution in [0.15, 0.2) is 12.5 Å². The number of rotatable bonds is 18. The van der Waals surface area contributed by atoms with Gasteiger partial charge in [-0.1, -0.05) is 104 Å². The van der Waals surface area contributed by atoms with Gasteiger partial charge in [0.25, 0.3) is 0 Å². The fourth-order valence-electron chi connectivity index (χ4n) is 3.75. The summed E-state index contributed by atoms with van der Waals surface area (Å²) in [6, 6.07) is 0. The predicted octanol–water partition coefficient (Wildman–Crippen LogP) is 8.26. The van der Waals surface area contributed by atoms with Crippen molar-refractivity contribution in [2.45, 2.75) is 135 Å². The Morgan fingerprint density at radius 3 is 1.16 bits per heavy atom. The molecule has 1 rings (SSSR count). The maximum atomic E-state index is 5.85. The van der Waals surface area contributed by atoms with Gasteiger partial charge in [-0.2, -0.15) is 0 Å². The minimum atomic E-state index is -0.328. The van der Waals surface area contributed by atoms with Crippen LogP contribution in [0.25, 0.3) is 0 Å². The van der Waals surface area contributed by atoms with Crippen molar-refractivity contribution >= 4 is 0 Å². The molecule has 1 heterocycles. The summed E-state index contributed by atoms with van der Waals surface area (Å²) in [5.74, 6) is -0.328. The van der Waals surface area contributed by atoms with Crippen molar-refractivity contribution in [1.29, 1.82) is 0 Å². The summed E-state index contributed by atoms with van der Waals surface area (Å²) in [6.45, 7) is 4.56. The third-order valence-corrected chi connectivity index (χ3v) is 5.44. The number of hydrogen-bond donors (Lipinski definition) is 0. The molecule has 0 saturated heterocycles. The molecule has 0 aliphatic carbocycles. The number of hydrogen-bond acceptors (Lipinski definition) is 2. The highest BCUT2D eigenvalue weighted by atomic mass is 16.7. The molecule has 1 aliphatic rings. The lowest BCUT2D eigenvalue weighted by Gasteiger charge is -2.28. The van der Waals surface area contributed by atoms with E-state index in [-0.39, 0.29) is 5.79 Å². The summed E-state index contributed by atoms with van der Waals surface area (Å²) in [5.41, 5.74) is 0. The Morgan fingerprint density at radius 1 is 0.480 bits per heavy atom. The van der Waals surface area contributed by atoms with Crippen LogP contribution in [0.1, 0.15) is 129 Å². The normalized spacial score (nSPS) is 15.3. The molecule has 0 bridgehead atoms. The van der Waals surface area contributed by atoms with E-state index in [2.05, 4.69) is 13.8 Å². The molecule has 0 aromatic rings. The summed E-state index contributed by atoms with van der Waals surface area (Å²) < 4.78 is 11.7. The van der Waals surface area contributed by atoms with Crippen LogP contribution in [0.4, 0.5) is 0 Å². The Kier molecular flexibility index (Phi) is 14.0. The second-order valence-corrected chi connectivity index (χ2v) is 7.87. The quantitative estimate of drug-likeness (QED) is 0.231. The van der Waals surface area contributed by atoms with Crippen LogP contribution in [0.3, 0.4) is 0 Å². The topological polar surface area (TPSA) is 18.5 Å². The second kappa shape index (κ2) is 15.6. The van der Waals surface area contributed by atoms with Gasteiger partial charge in [-0.3, -0.25) is 0 Å². The van der Waals surface area contributed by atoms with Crippen molar-refractivity contribution < 1.29 is 9.47 Å². The zero-order valence-corrected chi connectivity index (χ0v) is 17.2. The average Bonchev–Trinajstić information content (AvgIpc) is 3.09. The van der Waals surface area contributed by atoms with E-state index in [0.717, 1.165) is 12.8 Å². The maximum Gasteiger partial charge on any atom is 0.249 e. The molecule has 0 spiro atoms. The van der Waals surface area contributed by atoms with Crippen molar-refractivity contribution in [1.82, 2.24) is 0 Å². The molecule has 2 heteroatoms. The summed E-state index contributed by atoms with van der Waals surface area (Å²) in [6.07, 6.45) is 27.3. The van der Waals surface area contributed by atoms with Gasteiger partial charge in [-0.15, -0.1) is 0 Å². The van der Waals surface area contributed by atoms with E-state index >= 15 is 0 Å². The smallest absolute Gasteiger partial charge is 0.249 e. The van der Waals surface area contributed by atoms with Crippen LogP contribution in [0, 0.1) is 0 Å². The molecule has 0 radical (unpaired) electrons. The highest BCUT2D eigenvalue weighted by molar-refractivity contribution is 4.83. The van der Waals surface area contributed by atoms with E-state index < -0.39 is 0 Å². The van der Waals surface area contributed by atoms with Gasteiger partial charge in [0.2, 0.25) is 5.79 Å². The van der Waals surface area contributed by atoms with Gasteiger partial charge in [-0.05, 0) is 12.8 Å². The van der Waals surface area contributed by atoms with Gasteiger partial charge >= 0.3 is 0 Å². The van der Waals surface area contributed by atoms with Gasteiger partial charge in [-0.25, -0.2) is 0 Å². The van der Waals surface area contributed by atoms with Crippen molar-refractivity contribution in [3.05, 3.63) is 12.5 Å². The van der Waals surface area contributed by atoms with Gasteiger partial charge < -0.3 is 9.47 Å². The highest BCUT2D eigenvalue weighted by Crippen LogP contribution is 2.32. The molecule has 0 aromatic carbocycles. The highest BCUT2D eigenvalue weighted by Gasteiger charge is 2.34. The maximum absolute atomic E-state index is 5.85. The van der Waals surface area contributed by atoms with Crippen LogP contribution < -0.4 is 0 Å². The molecule has 0 unspecified atom stereocenters. The first-order valence-electron chi connectivity index (χ1n) is 11.3. The Hall–Kier alpha value is -0.660. The number of ether oxygens (including phenoxy) is 2. The zero-order valence-electron chi connectivity index (χ0n) is 17.2. The predicted molar refractivity (Wildman–Crippen MR) is 108 cm³/mol. The summed E-state index contributed by atoms with van der Waals surface area (Å²) in [4.78, 5) is 0. The first-order chi connectivity index (χ1) is 12.3. The first kappa shape index (κ1) is 22.4. The molecule has 148 valence electrons. The van der Waals surface area contributed by atoms with Gasteiger partial charge in [0.15, 0.2) is 0 Å². The van der Waals surface area contributed by atoms with E-state index in [1.165, 1.54) is 103 Å². The molecule has 2 nitrogen and oxygen atoms in total. The Morgan fingerprint density at radius 2 is 0.800 bits per heavy atom. The Labute approximate surface area is 157 Å². The fourth-order valence-corrected chi connectivity index (χ4v) is 3.75. The monoisotopic (exact) mass is 352 g/mol. The Bertz CT molecular complexity index is 303. The van der Waals surface area contributed by atoms with Crippen molar-refractivity contribution in [2.75, 3.05) is 0 Å². The minimum Gasteiger partial charge on any atom is -0.457 e. The van der Waals surface area contributed by atoms with Crippen LogP contribution >= 0.6 is 0 Å². The number of unbranched alkanes of at least 4 members (excludes halogenated alkanes) is 14. The van der Waals surface area contributed by atoms with Crippen LogP contribution in [-0.2, 0) is 9.47 Å². The van der Waals surface area contributed by atoms with E-state index in [1.807, 2.05) is 0 Å². The van der Waals surface area contributed by atoms with Crippen molar-refractivity contribution in [3.63, 3.8) is 0 Å². The minimum absolute atomic E-state index is 0.328. The van der Waals surface area contributed by atoms with E-state index in [4.69, 9.17) is 9.47 Å². The standard InChI is InChI=1S/C23H44O2/c1-3-5-7-9-11-12-13-14-16-18-20-23(24-21-22-25-23)19-17-15-10-8-6-4-2/h21-22H,3-20H2,1-2H3. The molecule has 1 aliphatic heterocycles. The molecular formula is C23H44O2. The molecule has 25 heavy (non-hydrogen) atoms. The SMILES string of the molecule is CCCCCCCCCCCCC1(CCCCCCCC)OC=CO1. The third-order valence-electron chi connectivity index (χ3n) is 5.44. The summed E-state index contributed by atoms with van der Waals surface area (Å²) >= 11 is 0. The van der Waals surface area contributed by atoms with Gasteiger partial charge in [0.1, 0.15) is 12.5 Å². The summed E-state index contributed by atoms with van der Waals surface area (Å²) in [5, 5.41) is 0. The lowest BCUT2D eigenvalue weighted by Crippen LogP contribution is -2.29. The van der Waals surface area contributed by atoms with E-state index in [0.29, 0.717) is 0 Å². The summed E-state index contributed by atoms with van der Waals surface area (Å²) in [7, 11) is 0. The zero-order chi connectivity index (χ0) is 18.1. The molecule has 0 atom stereocenters. The van der Waals surface area contributed by atoms with Crippen LogP contribution in [-0.4, -0.2) is 5.79 Å². The molecule has 0 aromatic heterocycles. The molecule has 0 N–H and O–H groups in total. The third kappa shape index (κ3) is 11.5. The molecule has 0 saturated carbocycles. The lowest BCUT2D eigenvalue weighted by atomic mass is 9.98. The first-order valence-corrected chi connectivity index (χ1v) is 11.3. The van der Waals surface area contributed by atoms with Crippen LogP contribution in [0.5, 0.6) is 0 Å². The fraction of sp³-hybridized carbons (Fsp3) is 0.913. The van der Waals surface area contributed by atoms with E-state index in [9.17, 15) is 0 Å². The second-order valence-electron chi connectivity index (χ2n) is 7.87. The van der Waals surface area contributed by atoms with Gasteiger partial charge in [0.05, 0.1) is 0 Å².